The SMILES string of the molecule is CCOc1ccc(N(CC(=O)N(Cc2ccc(Cl)cc2Cl)C(Cc2ccccc2)C(=O)NC2CCCCC2)S(=O)(=O)c2ccc(OC)c(OC)c2)cc1. The second-order valence-corrected chi connectivity index (χ2v) is 15.5. The summed E-state index contributed by atoms with van der Waals surface area (Å²) in [5.41, 5.74) is 1.59. The molecule has 282 valence electrons. The Hall–Kier alpha value is -4.45. The van der Waals surface area contributed by atoms with Gasteiger partial charge in [0, 0.05) is 35.1 Å². The molecular formula is C40H45Cl2N3O7S. The van der Waals surface area contributed by atoms with Crippen LogP contribution in [0.2, 0.25) is 10.0 Å². The zero-order chi connectivity index (χ0) is 38.0. The molecule has 2 amide bonds. The molecule has 10 nitrogen and oxygen atoms in total. The van der Waals surface area contributed by atoms with Crippen molar-refractivity contribution in [2.75, 3.05) is 31.7 Å². The minimum Gasteiger partial charge on any atom is -0.494 e. The van der Waals surface area contributed by atoms with Crippen molar-refractivity contribution in [2.45, 2.75) is 69.0 Å². The molecule has 0 radical (unpaired) electrons. The summed E-state index contributed by atoms with van der Waals surface area (Å²) < 4.78 is 46.6. The Bertz CT molecular complexity index is 1960. The second kappa shape index (κ2) is 18.5. The number of carbonyl (C=O) groups excluding carboxylic acids is 2. The Kier molecular flexibility index (Phi) is 13.9. The molecule has 1 atom stereocenters. The second-order valence-electron chi connectivity index (χ2n) is 12.8. The molecule has 53 heavy (non-hydrogen) atoms. The molecule has 0 saturated heterocycles. The van der Waals surface area contributed by atoms with Gasteiger partial charge in [-0.3, -0.25) is 13.9 Å². The van der Waals surface area contributed by atoms with Crippen molar-refractivity contribution < 1.29 is 32.2 Å². The first kappa shape index (κ1) is 39.8. The molecule has 1 fully saturated rings. The Morgan fingerprint density at radius 3 is 2.21 bits per heavy atom. The quantitative estimate of drug-likeness (QED) is 0.124. The van der Waals surface area contributed by atoms with E-state index in [0.29, 0.717) is 33.7 Å². The van der Waals surface area contributed by atoms with Gasteiger partial charge < -0.3 is 24.4 Å². The van der Waals surface area contributed by atoms with Crippen LogP contribution in [0.1, 0.15) is 50.2 Å². The van der Waals surface area contributed by atoms with E-state index in [9.17, 15) is 18.0 Å². The summed E-state index contributed by atoms with van der Waals surface area (Å²) in [7, 11) is -1.55. The summed E-state index contributed by atoms with van der Waals surface area (Å²) >= 11 is 12.9. The van der Waals surface area contributed by atoms with Gasteiger partial charge >= 0.3 is 0 Å². The van der Waals surface area contributed by atoms with Gasteiger partial charge in [-0.05, 0) is 79.4 Å². The zero-order valence-electron chi connectivity index (χ0n) is 30.1. The molecule has 1 aliphatic rings. The third-order valence-electron chi connectivity index (χ3n) is 9.24. The van der Waals surface area contributed by atoms with E-state index in [1.165, 1.54) is 37.3 Å². The van der Waals surface area contributed by atoms with Gasteiger partial charge in [-0.2, -0.15) is 0 Å². The van der Waals surface area contributed by atoms with Crippen LogP contribution in [0, 0.1) is 0 Å². The van der Waals surface area contributed by atoms with Gasteiger partial charge in [-0.1, -0.05) is 78.9 Å². The number of ether oxygens (including phenoxy) is 3. The monoisotopic (exact) mass is 781 g/mol. The number of carbonyl (C=O) groups is 2. The minimum absolute atomic E-state index is 0.0311. The van der Waals surface area contributed by atoms with Crippen LogP contribution in [0.5, 0.6) is 17.2 Å². The third-order valence-corrected chi connectivity index (χ3v) is 11.6. The number of amides is 2. The van der Waals surface area contributed by atoms with E-state index in [0.717, 1.165) is 42.0 Å². The van der Waals surface area contributed by atoms with Crippen molar-refractivity contribution in [3.8, 4) is 17.2 Å². The highest BCUT2D eigenvalue weighted by atomic mass is 35.5. The number of nitrogens with one attached hydrogen (secondary N) is 1. The first-order valence-corrected chi connectivity index (χ1v) is 19.8. The highest BCUT2D eigenvalue weighted by Gasteiger charge is 2.36. The number of methoxy groups -OCH3 is 2. The molecule has 4 aromatic carbocycles. The minimum atomic E-state index is -4.41. The molecule has 0 aliphatic heterocycles. The first-order chi connectivity index (χ1) is 25.5. The van der Waals surface area contributed by atoms with Gasteiger partial charge in [0.1, 0.15) is 18.3 Å². The van der Waals surface area contributed by atoms with Crippen LogP contribution in [0.4, 0.5) is 5.69 Å². The molecule has 0 bridgehead atoms. The lowest BCUT2D eigenvalue weighted by molar-refractivity contribution is -0.140. The van der Waals surface area contributed by atoms with Crippen LogP contribution in [0.15, 0.2) is 95.9 Å². The zero-order valence-corrected chi connectivity index (χ0v) is 32.4. The summed E-state index contributed by atoms with van der Waals surface area (Å²) in [5.74, 6) is 0.136. The lowest BCUT2D eigenvalue weighted by Crippen LogP contribution is -2.55. The van der Waals surface area contributed by atoms with E-state index < -0.39 is 28.5 Å². The number of sulfonamides is 1. The Balaban J connectivity index is 1.60. The Labute approximate surface area is 322 Å². The fourth-order valence-corrected chi connectivity index (χ4v) is 8.34. The molecule has 1 N–H and O–H groups in total. The normalized spacial score (nSPS) is 13.8. The van der Waals surface area contributed by atoms with Gasteiger partial charge in [0.2, 0.25) is 11.8 Å². The predicted molar refractivity (Wildman–Crippen MR) is 208 cm³/mol. The third kappa shape index (κ3) is 10.2. The molecule has 13 heteroatoms. The topological polar surface area (TPSA) is 114 Å². The number of halogens is 2. The lowest BCUT2D eigenvalue weighted by Gasteiger charge is -2.35. The molecule has 0 spiro atoms. The van der Waals surface area contributed by atoms with Crippen LogP contribution in [0.25, 0.3) is 0 Å². The number of nitrogens with zero attached hydrogens (tertiary/aromatic N) is 2. The summed E-state index contributed by atoms with van der Waals surface area (Å²) in [5, 5.41) is 3.93. The van der Waals surface area contributed by atoms with Crippen LogP contribution >= 0.6 is 23.2 Å². The Morgan fingerprint density at radius 2 is 1.57 bits per heavy atom. The lowest BCUT2D eigenvalue weighted by atomic mass is 9.94. The van der Waals surface area contributed by atoms with Gasteiger partial charge in [0.05, 0.1) is 31.4 Å². The average molecular weight is 783 g/mol. The van der Waals surface area contributed by atoms with E-state index in [1.54, 1.807) is 42.5 Å². The van der Waals surface area contributed by atoms with Crippen molar-refractivity contribution in [1.29, 1.82) is 0 Å². The number of hydrogen-bond donors (Lipinski definition) is 1. The standard InChI is InChI=1S/C40H45Cl2N3O7S/c1-4-52-33-19-17-32(18-20-33)45(53(48,49)34-21-22-37(50-2)38(25-34)51-3)27-39(46)44(26-29-15-16-30(41)24-35(29)42)36(23-28-11-7-5-8-12-28)40(47)43-31-13-9-6-10-14-31/h5,7-8,11-12,15-22,24-25,31,36H,4,6,9-10,13-14,23,26-27H2,1-3H3,(H,43,47). The summed E-state index contributed by atoms with van der Waals surface area (Å²) in [6, 6.07) is 24.0. The molecule has 0 aromatic heterocycles. The number of benzene rings is 4. The molecular weight excluding hydrogens is 737 g/mol. The maximum Gasteiger partial charge on any atom is 0.264 e. The Morgan fingerprint density at radius 1 is 0.868 bits per heavy atom. The maximum absolute atomic E-state index is 14.9. The summed E-state index contributed by atoms with van der Waals surface area (Å²) in [6.45, 7) is 1.54. The van der Waals surface area contributed by atoms with E-state index >= 15 is 0 Å². The summed E-state index contributed by atoms with van der Waals surface area (Å²) in [6.07, 6.45) is 4.98. The van der Waals surface area contributed by atoms with Gasteiger partial charge in [0.25, 0.3) is 10.0 Å². The molecule has 5 rings (SSSR count). The molecule has 1 unspecified atom stereocenters. The van der Waals surface area contributed by atoms with Crippen LogP contribution < -0.4 is 23.8 Å². The largest absolute Gasteiger partial charge is 0.494 e. The fraction of sp³-hybridized carbons (Fsp3) is 0.350. The van der Waals surface area contributed by atoms with Crippen molar-refractivity contribution in [2.24, 2.45) is 0 Å². The van der Waals surface area contributed by atoms with E-state index in [4.69, 9.17) is 37.4 Å². The van der Waals surface area contributed by atoms with Crippen molar-refractivity contribution in [1.82, 2.24) is 10.2 Å². The van der Waals surface area contributed by atoms with Crippen molar-refractivity contribution in [3.05, 3.63) is 112 Å². The van der Waals surface area contributed by atoms with Crippen molar-refractivity contribution >= 4 is 50.7 Å². The highest BCUT2D eigenvalue weighted by Crippen LogP contribution is 2.33. The number of anilines is 1. The van der Waals surface area contributed by atoms with Gasteiger partial charge in [0.15, 0.2) is 11.5 Å². The smallest absolute Gasteiger partial charge is 0.264 e. The summed E-state index contributed by atoms with van der Waals surface area (Å²) in [4.78, 5) is 30.6. The fourth-order valence-electron chi connectivity index (χ4n) is 6.44. The van der Waals surface area contributed by atoms with Crippen LogP contribution in [-0.2, 0) is 32.6 Å². The van der Waals surface area contributed by atoms with Crippen LogP contribution in [0.3, 0.4) is 0 Å². The van der Waals surface area contributed by atoms with E-state index in [2.05, 4.69) is 5.32 Å². The molecule has 4 aromatic rings. The van der Waals surface area contributed by atoms with E-state index in [1.807, 2.05) is 37.3 Å². The maximum atomic E-state index is 14.9. The number of hydrogen-bond acceptors (Lipinski definition) is 7. The highest BCUT2D eigenvalue weighted by molar-refractivity contribution is 7.92. The van der Waals surface area contributed by atoms with Crippen LogP contribution in [-0.4, -0.2) is 64.6 Å². The predicted octanol–water partition coefficient (Wildman–Crippen LogP) is 7.69. The van der Waals surface area contributed by atoms with E-state index in [-0.39, 0.29) is 41.2 Å². The number of rotatable bonds is 16. The first-order valence-electron chi connectivity index (χ1n) is 17.6. The molecule has 1 saturated carbocycles. The molecule has 1 aliphatic carbocycles. The average Bonchev–Trinajstić information content (AvgIpc) is 3.16. The van der Waals surface area contributed by atoms with Crippen molar-refractivity contribution in [3.63, 3.8) is 0 Å². The van der Waals surface area contributed by atoms with Gasteiger partial charge in [-0.15, -0.1) is 0 Å². The van der Waals surface area contributed by atoms with Gasteiger partial charge in [-0.25, -0.2) is 8.42 Å². The molecule has 0 heterocycles.